The molecule has 0 atom stereocenters. The standard InChI is InChI=1S/C22H25FN4O2/c1-24-22(25-13-5-15-28-20-6-3-2-4-7-20)26-14-12-19-16-29-21(27-19)17-8-10-18(23)11-9-17/h2-4,6-11,16H,5,12-15H2,1H3,(H2,24,25,26). The van der Waals surface area contributed by atoms with Crippen molar-refractivity contribution in [1.29, 1.82) is 0 Å². The third kappa shape index (κ3) is 6.64. The smallest absolute Gasteiger partial charge is 0.226 e. The Labute approximate surface area is 169 Å². The fourth-order valence-electron chi connectivity index (χ4n) is 2.66. The molecule has 152 valence electrons. The molecule has 1 aromatic heterocycles. The maximum atomic E-state index is 13.0. The highest BCUT2D eigenvalue weighted by Gasteiger charge is 2.07. The first-order valence-electron chi connectivity index (χ1n) is 9.57. The van der Waals surface area contributed by atoms with E-state index in [2.05, 4.69) is 20.6 Å². The summed E-state index contributed by atoms with van der Waals surface area (Å²) in [5, 5.41) is 6.51. The van der Waals surface area contributed by atoms with E-state index in [-0.39, 0.29) is 5.82 Å². The Bertz CT molecular complexity index is 895. The first-order chi connectivity index (χ1) is 14.2. The van der Waals surface area contributed by atoms with Gasteiger partial charge in [0.25, 0.3) is 0 Å². The number of hydrogen-bond donors (Lipinski definition) is 2. The molecule has 1 heterocycles. The van der Waals surface area contributed by atoms with Crippen molar-refractivity contribution in [3.05, 3.63) is 72.4 Å². The monoisotopic (exact) mass is 396 g/mol. The van der Waals surface area contributed by atoms with E-state index in [1.807, 2.05) is 30.3 Å². The van der Waals surface area contributed by atoms with Crippen molar-refractivity contribution >= 4 is 5.96 Å². The van der Waals surface area contributed by atoms with Crippen LogP contribution in [-0.2, 0) is 6.42 Å². The fraction of sp³-hybridized carbons (Fsp3) is 0.273. The summed E-state index contributed by atoms with van der Waals surface area (Å²) in [6.45, 7) is 2.06. The first kappa shape index (κ1) is 20.4. The second kappa shape index (κ2) is 10.8. The number of hydrogen-bond acceptors (Lipinski definition) is 4. The summed E-state index contributed by atoms with van der Waals surface area (Å²) in [5.74, 6) is 1.81. The van der Waals surface area contributed by atoms with Crippen molar-refractivity contribution < 1.29 is 13.5 Å². The van der Waals surface area contributed by atoms with Gasteiger partial charge in [0.05, 0.1) is 12.3 Å². The number of ether oxygens (including phenoxy) is 1. The van der Waals surface area contributed by atoms with Gasteiger partial charge in [-0.15, -0.1) is 0 Å². The third-order valence-electron chi connectivity index (χ3n) is 4.17. The average Bonchev–Trinajstić information content (AvgIpc) is 3.22. The van der Waals surface area contributed by atoms with Crippen LogP contribution in [0.1, 0.15) is 12.1 Å². The zero-order valence-corrected chi connectivity index (χ0v) is 16.4. The molecular weight excluding hydrogens is 371 g/mol. The molecule has 2 N–H and O–H groups in total. The molecule has 0 unspecified atom stereocenters. The van der Waals surface area contributed by atoms with E-state index in [1.165, 1.54) is 12.1 Å². The van der Waals surface area contributed by atoms with E-state index < -0.39 is 0 Å². The molecule has 7 heteroatoms. The molecular formula is C22H25FN4O2. The van der Waals surface area contributed by atoms with Gasteiger partial charge >= 0.3 is 0 Å². The fourth-order valence-corrected chi connectivity index (χ4v) is 2.66. The number of benzene rings is 2. The molecule has 0 fully saturated rings. The molecule has 29 heavy (non-hydrogen) atoms. The Morgan fingerprint density at radius 2 is 1.83 bits per heavy atom. The van der Waals surface area contributed by atoms with Gasteiger partial charge < -0.3 is 19.8 Å². The van der Waals surface area contributed by atoms with E-state index >= 15 is 0 Å². The topological polar surface area (TPSA) is 71.7 Å². The van der Waals surface area contributed by atoms with E-state index in [9.17, 15) is 4.39 Å². The normalized spacial score (nSPS) is 11.3. The van der Waals surface area contributed by atoms with Crippen molar-refractivity contribution in [2.24, 2.45) is 4.99 Å². The quantitative estimate of drug-likeness (QED) is 0.328. The summed E-state index contributed by atoms with van der Waals surface area (Å²) >= 11 is 0. The highest BCUT2D eigenvalue weighted by Crippen LogP contribution is 2.18. The summed E-state index contributed by atoms with van der Waals surface area (Å²) in [6, 6.07) is 15.8. The lowest BCUT2D eigenvalue weighted by molar-refractivity contribution is 0.311. The molecule has 0 radical (unpaired) electrons. The van der Waals surface area contributed by atoms with E-state index in [4.69, 9.17) is 9.15 Å². The molecule has 0 aliphatic rings. The number of aromatic nitrogens is 1. The summed E-state index contributed by atoms with van der Waals surface area (Å²) < 4.78 is 24.2. The maximum Gasteiger partial charge on any atom is 0.226 e. The van der Waals surface area contributed by atoms with Gasteiger partial charge in [-0.1, -0.05) is 18.2 Å². The maximum absolute atomic E-state index is 13.0. The molecule has 0 saturated carbocycles. The van der Waals surface area contributed by atoms with Gasteiger partial charge in [-0.25, -0.2) is 9.37 Å². The summed E-state index contributed by atoms with van der Waals surface area (Å²) in [4.78, 5) is 8.65. The molecule has 2 aromatic carbocycles. The molecule has 3 aromatic rings. The van der Waals surface area contributed by atoms with Crippen LogP contribution in [0, 0.1) is 5.82 Å². The number of nitrogens with zero attached hydrogens (tertiary/aromatic N) is 2. The Kier molecular flexibility index (Phi) is 7.63. The van der Waals surface area contributed by atoms with Crippen LogP contribution in [0.15, 0.2) is 70.3 Å². The second-order valence-electron chi connectivity index (χ2n) is 6.34. The minimum Gasteiger partial charge on any atom is -0.494 e. The molecule has 0 spiro atoms. The summed E-state index contributed by atoms with van der Waals surface area (Å²) in [6.07, 6.45) is 3.17. The van der Waals surface area contributed by atoms with Crippen molar-refractivity contribution in [3.8, 4) is 17.2 Å². The molecule has 3 rings (SSSR count). The van der Waals surface area contributed by atoms with E-state index in [0.29, 0.717) is 25.5 Å². The predicted molar refractivity (Wildman–Crippen MR) is 112 cm³/mol. The number of oxazole rings is 1. The van der Waals surface area contributed by atoms with Crippen LogP contribution >= 0.6 is 0 Å². The molecule has 0 bridgehead atoms. The Balaban J connectivity index is 1.34. The van der Waals surface area contributed by atoms with Gasteiger partial charge in [0.15, 0.2) is 5.96 Å². The summed E-state index contributed by atoms with van der Waals surface area (Å²) in [5.41, 5.74) is 1.57. The van der Waals surface area contributed by atoms with Crippen LogP contribution in [0.2, 0.25) is 0 Å². The van der Waals surface area contributed by atoms with Gasteiger partial charge in [0.1, 0.15) is 17.8 Å². The SMILES string of the molecule is CN=C(NCCCOc1ccccc1)NCCc1coc(-c2ccc(F)cc2)n1. The lowest BCUT2D eigenvalue weighted by atomic mass is 10.2. The Morgan fingerprint density at radius 3 is 2.59 bits per heavy atom. The van der Waals surface area contributed by atoms with Crippen LogP contribution in [0.25, 0.3) is 11.5 Å². The first-order valence-corrected chi connectivity index (χ1v) is 9.57. The highest BCUT2D eigenvalue weighted by atomic mass is 19.1. The minimum absolute atomic E-state index is 0.282. The Hall–Kier alpha value is -3.35. The van der Waals surface area contributed by atoms with Crippen LogP contribution in [0.5, 0.6) is 5.75 Å². The molecule has 6 nitrogen and oxygen atoms in total. The molecule has 0 amide bonds. The zero-order valence-electron chi connectivity index (χ0n) is 16.4. The van der Waals surface area contributed by atoms with E-state index in [0.717, 1.165) is 35.9 Å². The number of rotatable bonds is 9. The van der Waals surface area contributed by atoms with Crippen LogP contribution < -0.4 is 15.4 Å². The van der Waals surface area contributed by atoms with Gasteiger partial charge in [-0.05, 0) is 42.8 Å². The number of guanidine groups is 1. The van der Waals surface area contributed by atoms with E-state index in [1.54, 1.807) is 25.4 Å². The lowest BCUT2D eigenvalue weighted by Crippen LogP contribution is -2.39. The van der Waals surface area contributed by atoms with Crippen molar-refractivity contribution in [3.63, 3.8) is 0 Å². The molecule has 0 saturated heterocycles. The zero-order chi connectivity index (χ0) is 20.3. The van der Waals surface area contributed by atoms with Gasteiger partial charge in [-0.3, -0.25) is 4.99 Å². The number of aliphatic imine (C=N–C) groups is 1. The molecule has 0 aliphatic heterocycles. The van der Waals surface area contributed by atoms with Crippen LogP contribution in [0.4, 0.5) is 4.39 Å². The second-order valence-corrected chi connectivity index (χ2v) is 6.34. The number of halogens is 1. The highest BCUT2D eigenvalue weighted by molar-refractivity contribution is 5.79. The average molecular weight is 396 g/mol. The van der Waals surface area contributed by atoms with Crippen molar-refractivity contribution in [2.75, 3.05) is 26.7 Å². The Morgan fingerprint density at radius 1 is 1.07 bits per heavy atom. The number of nitrogens with one attached hydrogen (secondary N) is 2. The largest absolute Gasteiger partial charge is 0.494 e. The third-order valence-corrected chi connectivity index (χ3v) is 4.17. The summed E-state index contributed by atoms with van der Waals surface area (Å²) in [7, 11) is 1.73. The van der Waals surface area contributed by atoms with Gasteiger partial charge in [0, 0.05) is 32.1 Å². The lowest BCUT2D eigenvalue weighted by Gasteiger charge is -2.11. The van der Waals surface area contributed by atoms with Crippen LogP contribution in [0.3, 0.4) is 0 Å². The van der Waals surface area contributed by atoms with Crippen molar-refractivity contribution in [1.82, 2.24) is 15.6 Å². The van der Waals surface area contributed by atoms with Crippen LogP contribution in [-0.4, -0.2) is 37.7 Å². The van der Waals surface area contributed by atoms with Crippen molar-refractivity contribution in [2.45, 2.75) is 12.8 Å². The minimum atomic E-state index is -0.282. The van der Waals surface area contributed by atoms with Gasteiger partial charge in [0.2, 0.25) is 5.89 Å². The van der Waals surface area contributed by atoms with Gasteiger partial charge in [-0.2, -0.15) is 0 Å². The number of para-hydroxylation sites is 1. The molecule has 0 aliphatic carbocycles. The predicted octanol–water partition coefficient (Wildman–Crippen LogP) is 3.66.